The summed E-state index contributed by atoms with van der Waals surface area (Å²) >= 11 is 0. The van der Waals surface area contributed by atoms with Crippen molar-refractivity contribution in [2.75, 3.05) is 0 Å². The Bertz CT molecular complexity index is 145. The standard InChI is InChI=1S/C8H13N/c1-3-8-6-4-5-7(2)9-8/h4-5,8H,3,6H2,1-2H3. The highest BCUT2D eigenvalue weighted by atomic mass is 14.8. The van der Waals surface area contributed by atoms with Crippen LogP contribution in [0.2, 0.25) is 0 Å². The molecule has 1 atom stereocenters. The van der Waals surface area contributed by atoms with E-state index in [0.29, 0.717) is 6.04 Å². The lowest BCUT2D eigenvalue weighted by atomic mass is 10.1. The molecular formula is C8H13N. The van der Waals surface area contributed by atoms with Gasteiger partial charge in [-0.25, -0.2) is 0 Å². The minimum Gasteiger partial charge on any atom is -0.286 e. The molecule has 0 N–H and O–H groups in total. The van der Waals surface area contributed by atoms with Gasteiger partial charge >= 0.3 is 0 Å². The van der Waals surface area contributed by atoms with Crippen molar-refractivity contribution in [1.82, 2.24) is 0 Å². The van der Waals surface area contributed by atoms with Crippen molar-refractivity contribution in [2.24, 2.45) is 4.99 Å². The Morgan fingerprint density at radius 1 is 1.78 bits per heavy atom. The molecule has 0 saturated carbocycles. The van der Waals surface area contributed by atoms with E-state index in [-0.39, 0.29) is 0 Å². The highest BCUT2D eigenvalue weighted by molar-refractivity contribution is 5.93. The van der Waals surface area contributed by atoms with E-state index < -0.39 is 0 Å². The van der Waals surface area contributed by atoms with Crippen molar-refractivity contribution in [3.8, 4) is 0 Å². The SMILES string of the molecule is CCC1CC=CC(C)=N1. The molecule has 0 amide bonds. The van der Waals surface area contributed by atoms with Gasteiger partial charge in [-0.05, 0) is 25.8 Å². The number of dihydropyridines is 1. The molecule has 1 unspecified atom stereocenters. The van der Waals surface area contributed by atoms with Gasteiger partial charge in [-0.2, -0.15) is 0 Å². The Kier molecular flexibility index (Phi) is 2.04. The van der Waals surface area contributed by atoms with Crippen LogP contribution < -0.4 is 0 Å². The maximum atomic E-state index is 4.43. The first-order chi connectivity index (χ1) is 4.33. The second kappa shape index (κ2) is 2.81. The van der Waals surface area contributed by atoms with Crippen LogP contribution in [0.15, 0.2) is 17.1 Å². The fraction of sp³-hybridized carbons (Fsp3) is 0.625. The van der Waals surface area contributed by atoms with Gasteiger partial charge in [0.2, 0.25) is 0 Å². The molecule has 1 nitrogen and oxygen atoms in total. The van der Waals surface area contributed by atoms with E-state index >= 15 is 0 Å². The fourth-order valence-electron chi connectivity index (χ4n) is 1.04. The lowest BCUT2D eigenvalue weighted by Crippen LogP contribution is -2.07. The minimum absolute atomic E-state index is 0.565. The number of rotatable bonds is 1. The third-order valence-corrected chi connectivity index (χ3v) is 1.62. The van der Waals surface area contributed by atoms with Crippen LogP contribution in [0.1, 0.15) is 26.7 Å². The Morgan fingerprint density at radius 2 is 2.56 bits per heavy atom. The van der Waals surface area contributed by atoms with Crippen molar-refractivity contribution < 1.29 is 0 Å². The molecule has 9 heavy (non-hydrogen) atoms. The summed E-state index contributed by atoms with van der Waals surface area (Å²) in [6.45, 7) is 4.24. The summed E-state index contributed by atoms with van der Waals surface area (Å²) in [5, 5.41) is 0. The molecule has 50 valence electrons. The average molecular weight is 123 g/mol. The third-order valence-electron chi connectivity index (χ3n) is 1.62. The monoisotopic (exact) mass is 123 g/mol. The molecule has 1 rings (SSSR count). The van der Waals surface area contributed by atoms with Crippen LogP contribution in [0.4, 0.5) is 0 Å². The largest absolute Gasteiger partial charge is 0.286 e. The highest BCUT2D eigenvalue weighted by Gasteiger charge is 2.03. The van der Waals surface area contributed by atoms with Crippen LogP contribution in [0.5, 0.6) is 0 Å². The van der Waals surface area contributed by atoms with Crippen LogP contribution in [0.3, 0.4) is 0 Å². The van der Waals surface area contributed by atoms with Gasteiger partial charge in [0.15, 0.2) is 0 Å². The van der Waals surface area contributed by atoms with Gasteiger partial charge in [-0.1, -0.05) is 13.0 Å². The van der Waals surface area contributed by atoms with Crippen LogP contribution in [-0.4, -0.2) is 11.8 Å². The van der Waals surface area contributed by atoms with Crippen LogP contribution in [0, 0.1) is 0 Å². The van der Waals surface area contributed by atoms with Crippen LogP contribution in [0.25, 0.3) is 0 Å². The Hall–Kier alpha value is -0.590. The summed E-state index contributed by atoms with van der Waals surface area (Å²) in [5.74, 6) is 0. The van der Waals surface area contributed by atoms with Crippen LogP contribution >= 0.6 is 0 Å². The normalized spacial score (nSPS) is 26.0. The molecule has 0 aliphatic carbocycles. The highest BCUT2D eigenvalue weighted by Crippen LogP contribution is 2.09. The molecule has 0 aromatic rings. The summed E-state index contributed by atoms with van der Waals surface area (Å²) in [5.41, 5.74) is 1.17. The lowest BCUT2D eigenvalue weighted by molar-refractivity contribution is 0.657. The Balaban J connectivity index is 2.55. The first kappa shape index (κ1) is 6.53. The molecule has 1 heterocycles. The molecule has 0 aromatic heterocycles. The van der Waals surface area contributed by atoms with Gasteiger partial charge in [-0.15, -0.1) is 0 Å². The topological polar surface area (TPSA) is 12.4 Å². The summed E-state index contributed by atoms with van der Waals surface area (Å²) in [6.07, 6.45) is 6.60. The van der Waals surface area contributed by atoms with E-state index in [1.807, 2.05) is 0 Å². The van der Waals surface area contributed by atoms with E-state index in [0.717, 1.165) is 6.42 Å². The Labute approximate surface area is 56.5 Å². The number of nitrogens with zero attached hydrogens (tertiary/aromatic N) is 1. The molecule has 0 fully saturated rings. The number of aliphatic imine (C=N–C) groups is 1. The average Bonchev–Trinajstić information content (AvgIpc) is 1.88. The molecule has 0 bridgehead atoms. The van der Waals surface area contributed by atoms with Crippen molar-refractivity contribution >= 4 is 5.71 Å². The molecule has 1 heteroatoms. The predicted octanol–water partition coefficient (Wildman–Crippen LogP) is 2.19. The van der Waals surface area contributed by atoms with Crippen molar-refractivity contribution in [3.05, 3.63) is 12.2 Å². The zero-order chi connectivity index (χ0) is 6.69. The maximum absolute atomic E-state index is 4.43. The second-order valence-corrected chi connectivity index (χ2v) is 2.47. The van der Waals surface area contributed by atoms with E-state index in [4.69, 9.17) is 0 Å². The minimum atomic E-state index is 0.565. The molecule has 0 radical (unpaired) electrons. The Morgan fingerprint density at radius 3 is 3.00 bits per heavy atom. The fourth-order valence-corrected chi connectivity index (χ4v) is 1.04. The second-order valence-electron chi connectivity index (χ2n) is 2.47. The molecule has 0 spiro atoms. The zero-order valence-corrected chi connectivity index (χ0v) is 6.09. The first-order valence-corrected chi connectivity index (χ1v) is 3.54. The van der Waals surface area contributed by atoms with Crippen LogP contribution in [-0.2, 0) is 0 Å². The van der Waals surface area contributed by atoms with Gasteiger partial charge in [0.05, 0.1) is 6.04 Å². The summed E-state index contributed by atoms with van der Waals surface area (Å²) in [6, 6.07) is 0.565. The first-order valence-electron chi connectivity index (χ1n) is 3.54. The number of hydrogen-bond acceptors (Lipinski definition) is 1. The third kappa shape index (κ3) is 1.67. The molecule has 0 saturated heterocycles. The van der Waals surface area contributed by atoms with Crippen molar-refractivity contribution in [1.29, 1.82) is 0 Å². The van der Waals surface area contributed by atoms with E-state index in [2.05, 4.69) is 31.0 Å². The molecule has 0 aromatic carbocycles. The van der Waals surface area contributed by atoms with Gasteiger partial charge in [0.1, 0.15) is 0 Å². The zero-order valence-electron chi connectivity index (χ0n) is 6.09. The maximum Gasteiger partial charge on any atom is 0.0534 e. The van der Waals surface area contributed by atoms with Crippen molar-refractivity contribution in [3.63, 3.8) is 0 Å². The summed E-state index contributed by atoms with van der Waals surface area (Å²) in [7, 11) is 0. The van der Waals surface area contributed by atoms with E-state index in [1.165, 1.54) is 12.1 Å². The van der Waals surface area contributed by atoms with Gasteiger partial charge < -0.3 is 0 Å². The summed E-state index contributed by atoms with van der Waals surface area (Å²) in [4.78, 5) is 4.43. The van der Waals surface area contributed by atoms with Crippen molar-refractivity contribution in [2.45, 2.75) is 32.7 Å². The molecule has 1 aliphatic heterocycles. The van der Waals surface area contributed by atoms with Gasteiger partial charge in [0, 0.05) is 5.71 Å². The van der Waals surface area contributed by atoms with E-state index in [1.54, 1.807) is 0 Å². The number of hydrogen-bond donors (Lipinski definition) is 0. The molecular weight excluding hydrogens is 110 g/mol. The predicted molar refractivity (Wildman–Crippen MR) is 40.9 cm³/mol. The quantitative estimate of drug-likeness (QED) is 0.506. The lowest BCUT2D eigenvalue weighted by Gasteiger charge is -2.11. The van der Waals surface area contributed by atoms with Gasteiger partial charge in [0.25, 0.3) is 0 Å². The molecule has 1 aliphatic rings. The summed E-state index contributed by atoms with van der Waals surface area (Å²) < 4.78 is 0. The number of allylic oxidation sites excluding steroid dienone is 1. The smallest absolute Gasteiger partial charge is 0.0534 e. The van der Waals surface area contributed by atoms with E-state index in [9.17, 15) is 0 Å². The van der Waals surface area contributed by atoms with Gasteiger partial charge in [-0.3, -0.25) is 4.99 Å².